The first-order valence-electron chi connectivity index (χ1n) is 12.7. The predicted molar refractivity (Wildman–Crippen MR) is 148 cm³/mol. The molecule has 0 radical (unpaired) electrons. The largest absolute Gasteiger partial charge is 0.466 e. The summed E-state index contributed by atoms with van der Waals surface area (Å²) in [5, 5.41) is 15.3. The third kappa shape index (κ3) is 10.9. The number of esters is 1. The van der Waals surface area contributed by atoms with Gasteiger partial charge in [0.2, 0.25) is 11.8 Å². The lowest BCUT2D eigenvalue weighted by molar-refractivity contribution is -0.144. The molecular formula is C27H43N3O7S. The Morgan fingerprint density at radius 1 is 1.13 bits per heavy atom. The summed E-state index contributed by atoms with van der Waals surface area (Å²) in [4.78, 5) is 53.2. The third-order valence-electron chi connectivity index (χ3n) is 5.53. The summed E-state index contributed by atoms with van der Waals surface area (Å²) >= 11 is 1.51. The molecule has 11 heteroatoms. The van der Waals surface area contributed by atoms with E-state index in [0.29, 0.717) is 17.7 Å². The highest BCUT2D eigenvalue weighted by atomic mass is 32.2. The van der Waals surface area contributed by atoms with E-state index < -0.39 is 48.2 Å². The first-order valence-corrected chi connectivity index (χ1v) is 14.1. The molecule has 3 amide bonds. The van der Waals surface area contributed by atoms with Gasteiger partial charge in [-0.25, -0.2) is 4.79 Å². The zero-order valence-electron chi connectivity index (χ0n) is 23.6. The molecule has 0 aliphatic carbocycles. The Kier molecular flexibility index (Phi) is 14.2. The Hall–Kier alpha value is -2.79. The van der Waals surface area contributed by atoms with E-state index in [1.807, 2.05) is 38.3 Å². The Morgan fingerprint density at radius 2 is 1.76 bits per heavy atom. The van der Waals surface area contributed by atoms with Gasteiger partial charge in [0.05, 0.1) is 19.6 Å². The molecule has 214 valence electrons. The van der Waals surface area contributed by atoms with E-state index in [9.17, 15) is 24.3 Å². The molecule has 0 aromatic heterocycles. The molecule has 38 heavy (non-hydrogen) atoms. The summed E-state index contributed by atoms with van der Waals surface area (Å²) in [5.74, 6) is -0.904. The first-order chi connectivity index (χ1) is 17.9. The number of amides is 3. The minimum absolute atomic E-state index is 0.0202. The molecule has 0 saturated carbocycles. The van der Waals surface area contributed by atoms with Crippen molar-refractivity contribution in [2.45, 2.75) is 72.1 Å². The van der Waals surface area contributed by atoms with E-state index in [1.54, 1.807) is 27.7 Å². The van der Waals surface area contributed by atoms with Crippen LogP contribution in [0.4, 0.5) is 4.79 Å². The molecule has 0 saturated heterocycles. The minimum Gasteiger partial charge on any atom is -0.466 e. The van der Waals surface area contributed by atoms with Crippen LogP contribution in [-0.2, 0) is 23.9 Å². The van der Waals surface area contributed by atoms with Crippen LogP contribution >= 0.6 is 11.8 Å². The van der Waals surface area contributed by atoms with Crippen LogP contribution in [0.5, 0.6) is 0 Å². The van der Waals surface area contributed by atoms with Crippen LogP contribution in [0, 0.1) is 13.8 Å². The van der Waals surface area contributed by atoms with Gasteiger partial charge in [-0.2, -0.15) is 11.8 Å². The number of nitrogens with zero attached hydrogens (tertiary/aromatic N) is 1. The molecular weight excluding hydrogens is 510 g/mol. The van der Waals surface area contributed by atoms with Crippen molar-refractivity contribution >= 4 is 35.6 Å². The van der Waals surface area contributed by atoms with Crippen LogP contribution in [-0.4, -0.2) is 83.8 Å². The lowest BCUT2D eigenvalue weighted by Gasteiger charge is -2.35. The lowest BCUT2D eigenvalue weighted by Crippen LogP contribution is -2.54. The molecule has 0 heterocycles. The van der Waals surface area contributed by atoms with Gasteiger partial charge in [-0.05, 0) is 76.7 Å². The number of thioether (sulfide) groups is 1. The number of aliphatic hydroxyl groups excluding tert-OH is 1. The van der Waals surface area contributed by atoms with E-state index in [2.05, 4.69) is 10.6 Å². The maximum Gasteiger partial charge on any atom is 0.408 e. The van der Waals surface area contributed by atoms with Crippen molar-refractivity contribution in [3.8, 4) is 0 Å². The number of hydrogen-bond acceptors (Lipinski definition) is 8. The maximum atomic E-state index is 13.9. The second-order valence-corrected chi connectivity index (χ2v) is 10.8. The van der Waals surface area contributed by atoms with Crippen molar-refractivity contribution in [3.63, 3.8) is 0 Å². The summed E-state index contributed by atoms with van der Waals surface area (Å²) in [5.41, 5.74) is 1.42. The van der Waals surface area contributed by atoms with Crippen LogP contribution in [0.1, 0.15) is 63.3 Å². The Labute approximate surface area is 230 Å². The van der Waals surface area contributed by atoms with Gasteiger partial charge in [-0.3, -0.25) is 14.4 Å². The first kappa shape index (κ1) is 33.2. The molecule has 0 spiro atoms. The fraction of sp³-hybridized carbons (Fsp3) is 0.630. The van der Waals surface area contributed by atoms with Crippen molar-refractivity contribution in [2.24, 2.45) is 0 Å². The topological polar surface area (TPSA) is 134 Å². The Bertz CT molecular complexity index is 929. The van der Waals surface area contributed by atoms with E-state index in [0.717, 1.165) is 11.1 Å². The highest BCUT2D eigenvalue weighted by molar-refractivity contribution is 7.98. The molecule has 10 nitrogen and oxygen atoms in total. The van der Waals surface area contributed by atoms with Gasteiger partial charge in [0, 0.05) is 13.1 Å². The van der Waals surface area contributed by atoms with Gasteiger partial charge in [0.25, 0.3) is 0 Å². The number of carbonyl (C=O) groups is 4. The van der Waals surface area contributed by atoms with Gasteiger partial charge in [-0.15, -0.1) is 0 Å². The van der Waals surface area contributed by atoms with Gasteiger partial charge >= 0.3 is 12.1 Å². The fourth-order valence-electron chi connectivity index (χ4n) is 3.92. The Balaban J connectivity index is 3.42. The van der Waals surface area contributed by atoms with Gasteiger partial charge in [-0.1, -0.05) is 18.2 Å². The van der Waals surface area contributed by atoms with Gasteiger partial charge < -0.3 is 30.1 Å². The van der Waals surface area contributed by atoms with Crippen LogP contribution < -0.4 is 10.6 Å². The SMILES string of the molecule is CCOC(=O)CCNC(=O)C(c1c(C)cccc1C)N(CCO)C(=O)C(CCSC)NC(=O)OC(C)(C)C. The maximum absolute atomic E-state index is 13.9. The summed E-state index contributed by atoms with van der Waals surface area (Å²) in [6.07, 6.45) is 1.41. The number of ether oxygens (including phenoxy) is 2. The molecule has 1 aromatic rings. The van der Waals surface area contributed by atoms with E-state index in [4.69, 9.17) is 9.47 Å². The summed E-state index contributed by atoms with van der Waals surface area (Å²) < 4.78 is 10.3. The minimum atomic E-state index is -1.10. The Morgan fingerprint density at radius 3 is 2.29 bits per heavy atom. The number of rotatable bonds is 14. The summed E-state index contributed by atoms with van der Waals surface area (Å²) in [7, 11) is 0. The average molecular weight is 554 g/mol. The molecule has 0 fully saturated rings. The number of aliphatic hydroxyl groups is 1. The summed E-state index contributed by atoms with van der Waals surface area (Å²) in [6, 6.07) is 3.45. The molecule has 0 aliphatic heterocycles. The fourth-order valence-corrected chi connectivity index (χ4v) is 4.39. The zero-order chi connectivity index (χ0) is 28.9. The molecule has 2 unspecified atom stereocenters. The lowest BCUT2D eigenvalue weighted by atomic mass is 9.93. The number of hydrogen-bond donors (Lipinski definition) is 3. The number of benzene rings is 1. The van der Waals surface area contributed by atoms with Crippen LogP contribution in [0.3, 0.4) is 0 Å². The average Bonchev–Trinajstić information content (AvgIpc) is 2.81. The van der Waals surface area contributed by atoms with Crippen molar-refractivity contribution < 1.29 is 33.8 Å². The summed E-state index contributed by atoms with van der Waals surface area (Å²) in [6.45, 7) is 10.3. The number of aryl methyl sites for hydroxylation is 2. The number of nitrogens with one attached hydrogen (secondary N) is 2. The van der Waals surface area contributed by atoms with Gasteiger partial charge in [0.1, 0.15) is 17.7 Å². The van der Waals surface area contributed by atoms with Crippen molar-refractivity contribution in [3.05, 3.63) is 34.9 Å². The molecule has 3 N–H and O–H groups in total. The molecule has 0 bridgehead atoms. The highest BCUT2D eigenvalue weighted by Gasteiger charge is 2.37. The monoisotopic (exact) mass is 553 g/mol. The normalized spacial score (nSPS) is 12.7. The van der Waals surface area contributed by atoms with Crippen LogP contribution in [0.2, 0.25) is 0 Å². The van der Waals surface area contributed by atoms with E-state index in [1.165, 1.54) is 16.7 Å². The standard InChI is InChI=1S/C27H43N3O7S/c1-8-36-21(32)12-14-28-24(33)23(22-18(2)10-9-11-19(22)3)30(15-16-31)25(34)20(13-17-38-7)29-26(35)37-27(4,5)6/h9-11,20,23,31H,8,12-17H2,1-7H3,(H,28,33)(H,29,35). The third-order valence-corrected chi connectivity index (χ3v) is 6.18. The smallest absolute Gasteiger partial charge is 0.408 e. The highest BCUT2D eigenvalue weighted by Crippen LogP contribution is 2.29. The van der Waals surface area contributed by atoms with Gasteiger partial charge in [0.15, 0.2) is 0 Å². The van der Waals surface area contributed by atoms with Crippen molar-refractivity contribution in [2.75, 3.05) is 38.3 Å². The van der Waals surface area contributed by atoms with E-state index in [-0.39, 0.29) is 26.1 Å². The molecule has 1 rings (SSSR count). The number of alkyl carbamates (subject to hydrolysis) is 1. The van der Waals surface area contributed by atoms with Crippen LogP contribution in [0.15, 0.2) is 18.2 Å². The zero-order valence-corrected chi connectivity index (χ0v) is 24.4. The molecule has 1 aromatic carbocycles. The molecule has 2 atom stereocenters. The van der Waals surface area contributed by atoms with E-state index >= 15 is 0 Å². The molecule has 0 aliphatic rings. The predicted octanol–water partition coefficient (Wildman–Crippen LogP) is 2.88. The second kappa shape index (κ2) is 16.2. The second-order valence-electron chi connectivity index (χ2n) is 9.79. The van der Waals surface area contributed by atoms with Crippen molar-refractivity contribution in [1.29, 1.82) is 0 Å². The van der Waals surface area contributed by atoms with Crippen LogP contribution in [0.25, 0.3) is 0 Å². The number of carbonyl (C=O) groups excluding carboxylic acids is 4. The van der Waals surface area contributed by atoms with Crippen molar-refractivity contribution in [1.82, 2.24) is 15.5 Å². The quantitative estimate of drug-likeness (QED) is 0.300.